The van der Waals surface area contributed by atoms with Crippen molar-refractivity contribution < 1.29 is 0 Å². The minimum atomic E-state index is 0.0819. The first kappa shape index (κ1) is 14.4. The molecule has 1 aromatic carbocycles. The fourth-order valence-electron chi connectivity index (χ4n) is 3.00. The summed E-state index contributed by atoms with van der Waals surface area (Å²) in [5, 5.41) is 2.87. The molecule has 0 atom stereocenters. The van der Waals surface area contributed by atoms with Crippen LogP contribution in [0.3, 0.4) is 0 Å². The average Bonchev–Trinajstić information content (AvgIpc) is 2.94. The van der Waals surface area contributed by atoms with E-state index in [9.17, 15) is 4.79 Å². The maximum Gasteiger partial charge on any atom is 0.259 e. The van der Waals surface area contributed by atoms with Crippen LogP contribution < -0.4 is 5.56 Å². The summed E-state index contributed by atoms with van der Waals surface area (Å²) >= 11 is 1.66. The molecule has 23 heavy (non-hydrogen) atoms. The van der Waals surface area contributed by atoms with Crippen molar-refractivity contribution in [3.05, 3.63) is 52.9 Å². The lowest BCUT2D eigenvalue weighted by Gasteiger charge is -2.14. The van der Waals surface area contributed by atoms with E-state index in [2.05, 4.69) is 16.0 Å². The molecule has 0 spiro atoms. The van der Waals surface area contributed by atoms with Crippen molar-refractivity contribution in [1.29, 1.82) is 0 Å². The first-order chi connectivity index (χ1) is 11.2. The zero-order valence-electron chi connectivity index (χ0n) is 13.1. The van der Waals surface area contributed by atoms with Gasteiger partial charge in [-0.2, -0.15) is 0 Å². The smallest absolute Gasteiger partial charge is 0.259 e. The standard InChI is InChI=1S/C18H17N3OS/c1-20(2)10-11-21-15-14-8-5-9-19-17(14)23-16(15)12-6-3-4-7-13(12)18(21)22/h3-9H,10-11H2,1-2H3. The fraction of sp³-hybridized carbons (Fsp3) is 0.222. The van der Waals surface area contributed by atoms with Crippen LogP contribution in [-0.4, -0.2) is 35.1 Å². The summed E-state index contributed by atoms with van der Waals surface area (Å²) in [6.45, 7) is 1.50. The number of benzene rings is 1. The van der Waals surface area contributed by atoms with Crippen molar-refractivity contribution in [2.45, 2.75) is 6.54 Å². The van der Waals surface area contributed by atoms with Gasteiger partial charge in [-0.05, 0) is 32.3 Å². The highest BCUT2D eigenvalue weighted by atomic mass is 32.1. The van der Waals surface area contributed by atoms with Crippen LogP contribution in [-0.2, 0) is 6.54 Å². The molecule has 116 valence electrons. The lowest BCUT2D eigenvalue weighted by Crippen LogP contribution is -2.26. The third kappa shape index (κ3) is 2.24. The first-order valence-electron chi connectivity index (χ1n) is 7.60. The molecule has 0 bridgehead atoms. The summed E-state index contributed by atoms with van der Waals surface area (Å²) in [6, 6.07) is 11.9. The zero-order chi connectivity index (χ0) is 16.0. The van der Waals surface area contributed by atoms with E-state index < -0.39 is 0 Å². The zero-order valence-corrected chi connectivity index (χ0v) is 13.9. The summed E-state index contributed by atoms with van der Waals surface area (Å²) in [4.78, 5) is 20.6. The Balaban J connectivity index is 2.18. The molecular formula is C18H17N3OS. The Bertz CT molecular complexity index is 1080. The van der Waals surface area contributed by atoms with Crippen molar-refractivity contribution in [1.82, 2.24) is 14.5 Å². The quantitative estimate of drug-likeness (QED) is 0.580. The van der Waals surface area contributed by atoms with Gasteiger partial charge in [0.15, 0.2) is 0 Å². The lowest BCUT2D eigenvalue weighted by molar-refractivity contribution is 0.385. The second kappa shape index (κ2) is 5.44. The molecule has 4 rings (SSSR count). The first-order valence-corrected chi connectivity index (χ1v) is 8.42. The Hall–Kier alpha value is -2.24. The molecular weight excluding hydrogens is 306 g/mol. The number of pyridine rings is 2. The van der Waals surface area contributed by atoms with E-state index in [1.54, 1.807) is 11.3 Å². The van der Waals surface area contributed by atoms with Crippen molar-refractivity contribution in [3.63, 3.8) is 0 Å². The highest BCUT2D eigenvalue weighted by Crippen LogP contribution is 2.35. The Morgan fingerprint density at radius 2 is 1.83 bits per heavy atom. The molecule has 0 aliphatic rings. The van der Waals surface area contributed by atoms with Crippen LogP contribution in [0.1, 0.15) is 0 Å². The fourth-order valence-corrected chi connectivity index (χ4v) is 4.18. The lowest BCUT2D eigenvalue weighted by atomic mass is 10.1. The highest BCUT2D eigenvalue weighted by molar-refractivity contribution is 7.26. The van der Waals surface area contributed by atoms with Gasteiger partial charge in [0.1, 0.15) is 4.83 Å². The maximum absolute atomic E-state index is 13.0. The molecule has 4 aromatic rings. The summed E-state index contributed by atoms with van der Waals surface area (Å²) in [6.07, 6.45) is 1.81. The molecule has 0 fully saturated rings. The van der Waals surface area contributed by atoms with E-state index in [4.69, 9.17) is 0 Å². The van der Waals surface area contributed by atoms with Gasteiger partial charge in [0.05, 0.1) is 10.2 Å². The molecule has 0 unspecified atom stereocenters. The van der Waals surface area contributed by atoms with Gasteiger partial charge in [-0.15, -0.1) is 11.3 Å². The predicted octanol–water partition coefficient (Wildman–Crippen LogP) is 3.33. The Morgan fingerprint density at radius 1 is 1.09 bits per heavy atom. The summed E-state index contributed by atoms with van der Waals surface area (Å²) in [5.74, 6) is 0. The highest BCUT2D eigenvalue weighted by Gasteiger charge is 2.16. The number of aromatic nitrogens is 2. The van der Waals surface area contributed by atoms with Gasteiger partial charge in [0.25, 0.3) is 5.56 Å². The van der Waals surface area contributed by atoms with Gasteiger partial charge >= 0.3 is 0 Å². The molecule has 3 aromatic heterocycles. The van der Waals surface area contributed by atoms with E-state index in [1.165, 1.54) is 0 Å². The number of hydrogen-bond donors (Lipinski definition) is 0. The largest absolute Gasteiger partial charge is 0.308 e. The summed E-state index contributed by atoms with van der Waals surface area (Å²) in [5.41, 5.74) is 1.10. The van der Waals surface area contributed by atoms with Crippen LogP contribution in [0, 0.1) is 0 Å². The van der Waals surface area contributed by atoms with E-state index in [0.29, 0.717) is 6.54 Å². The molecule has 0 aliphatic carbocycles. The number of thiophene rings is 1. The van der Waals surface area contributed by atoms with E-state index in [-0.39, 0.29) is 5.56 Å². The average molecular weight is 323 g/mol. The number of nitrogens with zero attached hydrogens (tertiary/aromatic N) is 3. The van der Waals surface area contributed by atoms with Gasteiger partial charge in [-0.25, -0.2) is 4.98 Å². The van der Waals surface area contributed by atoms with Gasteiger partial charge < -0.3 is 9.47 Å². The molecule has 5 heteroatoms. The third-order valence-corrected chi connectivity index (χ3v) is 5.26. The molecule has 0 amide bonds. The van der Waals surface area contributed by atoms with Gasteiger partial charge in [0, 0.05) is 35.4 Å². The van der Waals surface area contributed by atoms with Crippen molar-refractivity contribution in [2.24, 2.45) is 0 Å². The summed E-state index contributed by atoms with van der Waals surface area (Å²) < 4.78 is 3.06. The second-order valence-corrected chi connectivity index (χ2v) is 6.94. The predicted molar refractivity (Wildman–Crippen MR) is 97.4 cm³/mol. The van der Waals surface area contributed by atoms with Gasteiger partial charge in [-0.1, -0.05) is 18.2 Å². The van der Waals surface area contributed by atoms with E-state index >= 15 is 0 Å². The SMILES string of the molecule is CN(C)CCn1c(=O)c2ccccc2c2sc3ncccc3c21. The van der Waals surface area contributed by atoms with Crippen molar-refractivity contribution in [3.8, 4) is 0 Å². The third-order valence-electron chi connectivity index (χ3n) is 4.13. The number of fused-ring (bicyclic) bond motifs is 5. The monoisotopic (exact) mass is 323 g/mol. The molecule has 0 saturated carbocycles. The molecule has 0 aliphatic heterocycles. The van der Waals surface area contributed by atoms with Crippen LogP contribution in [0.15, 0.2) is 47.4 Å². The normalized spacial score (nSPS) is 12.0. The Labute approximate surface area is 137 Å². The molecule has 4 nitrogen and oxygen atoms in total. The van der Waals surface area contributed by atoms with Crippen molar-refractivity contribution in [2.75, 3.05) is 20.6 Å². The molecule has 0 saturated heterocycles. The van der Waals surface area contributed by atoms with E-state index in [1.807, 2.05) is 55.2 Å². The minimum Gasteiger partial charge on any atom is -0.308 e. The van der Waals surface area contributed by atoms with Crippen LogP contribution in [0.25, 0.3) is 31.2 Å². The summed E-state index contributed by atoms with van der Waals surface area (Å²) in [7, 11) is 4.05. The van der Waals surface area contributed by atoms with Crippen LogP contribution >= 0.6 is 11.3 Å². The van der Waals surface area contributed by atoms with Crippen LogP contribution in [0.4, 0.5) is 0 Å². The van der Waals surface area contributed by atoms with Gasteiger partial charge in [0.2, 0.25) is 0 Å². The van der Waals surface area contributed by atoms with Crippen LogP contribution in [0.2, 0.25) is 0 Å². The molecule has 0 radical (unpaired) electrons. The Morgan fingerprint density at radius 3 is 2.61 bits per heavy atom. The van der Waals surface area contributed by atoms with Crippen LogP contribution in [0.5, 0.6) is 0 Å². The number of rotatable bonds is 3. The van der Waals surface area contributed by atoms with Gasteiger partial charge in [-0.3, -0.25) is 4.79 Å². The van der Waals surface area contributed by atoms with E-state index in [0.717, 1.165) is 37.8 Å². The number of hydrogen-bond acceptors (Lipinski definition) is 4. The second-order valence-electron chi connectivity index (χ2n) is 5.94. The minimum absolute atomic E-state index is 0.0819. The topological polar surface area (TPSA) is 38.1 Å². The number of likely N-dealkylation sites (N-methyl/N-ethyl adjacent to an activating group) is 1. The molecule has 0 N–H and O–H groups in total. The maximum atomic E-state index is 13.0. The Kier molecular flexibility index (Phi) is 3.39. The van der Waals surface area contributed by atoms with Crippen molar-refractivity contribution >= 4 is 42.5 Å². The molecule has 3 heterocycles.